The van der Waals surface area contributed by atoms with Crippen molar-refractivity contribution in [2.45, 2.75) is 56.4 Å². The first kappa shape index (κ1) is 20.8. The maximum Gasteiger partial charge on any atom is 0.410 e. The maximum atomic E-state index is 13.0. The summed E-state index contributed by atoms with van der Waals surface area (Å²) in [5, 5.41) is 11.7. The zero-order valence-electron chi connectivity index (χ0n) is 18.2. The number of hydrogen-bond donors (Lipinski definition) is 1. The summed E-state index contributed by atoms with van der Waals surface area (Å²) in [5.41, 5.74) is 3.23. The molecule has 0 spiro atoms. The zero-order chi connectivity index (χ0) is 22.0. The van der Waals surface area contributed by atoms with Gasteiger partial charge in [-0.1, -0.05) is 78.9 Å². The standard InChI is InChI=1S/C28H29NO3/c30-27(32-20-21-9-3-1-4-10-21)29-25-15-8-16-26(29)19-28(31,18-25)24-14-7-13-23(17-24)22-11-5-2-6-12-22/h1-7,9-14,17,25-26,31H,8,15-16,18-20H2. The predicted molar refractivity (Wildman–Crippen MR) is 125 cm³/mol. The van der Waals surface area contributed by atoms with Crippen molar-refractivity contribution in [3.63, 3.8) is 0 Å². The minimum atomic E-state index is -0.934. The molecule has 4 heteroatoms. The van der Waals surface area contributed by atoms with E-state index in [2.05, 4.69) is 24.3 Å². The lowest BCUT2D eigenvalue weighted by atomic mass is 9.72. The van der Waals surface area contributed by atoms with Crippen LogP contribution in [0.25, 0.3) is 11.1 Å². The van der Waals surface area contributed by atoms with Crippen molar-refractivity contribution in [2.24, 2.45) is 0 Å². The average Bonchev–Trinajstić information content (AvgIpc) is 2.83. The Hall–Kier alpha value is -3.11. The minimum Gasteiger partial charge on any atom is -0.445 e. The van der Waals surface area contributed by atoms with Crippen molar-refractivity contribution in [2.75, 3.05) is 0 Å². The summed E-state index contributed by atoms with van der Waals surface area (Å²) in [7, 11) is 0. The van der Waals surface area contributed by atoms with Gasteiger partial charge in [-0.3, -0.25) is 0 Å². The first-order chi connectivity index (χ1) is 15.6. The lowest BCUT2D eigenvalue weighted by Gasteiger charge is -2.51. The molecule has 4 nitrogen and oxygen atoms in total. The van der Waals surface area contributed by atoms with Crippen LogP contribution >= 0.6 is 0 Å². The number of amides is 1. The molecule has 2 atom stereocenters. The van der Waals surface area contributed by atoms with Gasteiger partial charge in [0.1, 0.15) is 6.61 Å². The largest absolute Gasteiger partial charge is 0.445 e. The molecule has 3 aromatic carbocycles. The second-order valence-electron chi connectivity index (χ2n) is 9.07. The van der Waals surface area contributed by atoms with E-state index in [0.717, 1.165) is 41.5 Å². The van der Waals surface area contributed by atoms with Crippen molar-refractivity contribution in [1.29, 1.82) is 0 Å². The molecule has 2 unspecified atom stereocenters. The van der Waals surface area contributed by atoms with Crippen LogP contribution < -0.4 is 0 Å². The summed E-state index contributed by atoms with van der Waals surface area (Å²) in [4.78, 5) is 14.9. The third-order valence-corrected chi connectivity index (χ3v) is 6.93. The Labute approximate surface area is 189 Å². The lowest BCUT2D eigenvalue weighted by Crippen LogP contribution is -2.58. The van der Waals surface area contributed by atoms with E-state index in [0.29, 0.717) is 12.8 Å². The molecule has 1 N–H and O–H groups in total. The highest BCUT2D eigenvalue weighted by atomic mass is 16.6. The van der Waals surface area contributed by atoms with Crippen molar-refractivity contribution >= 4 is 6.09 Å². The Morgan fingerprint density at radius 3 is 2.19 bits per heavy atom. The van der Waals surface area contributed by atoms with Gasteiger partial charge >= 0.3 is 6.09 Å². The topological polar surface area (TPSA) is 49.8 Å². The van der Waals surface area contributed by atoms with Gasteiger partial charge in [-0.05, 0) is 47.6 Å². The first-order valence-electron chi connectivity index (χ1n) is 11.5. The van der Waals surface area contributed by atoms with E-state index >= 15 is 0 Å². The van der Waals surface area contributed by atoms with Crippen LogP contribution in [0.3, 0.4) is 0 Å². The molecule has 0 radical (unpaired) electrons. The molecule has 164 valence electrons. The Morgan fingerprint density at radius 2 is 1.50 bits per heavy atom. The van der Waals surface area contributed by atoms with E-state index in [1.165, 1.54) is 0 Å². The summed E-state index contributed by atoms with van der Waals surface area (Å²) in [6, 6.07) is 28.2. The molecule has 2 bridgehead atoms. The van der Waals surface area contributed by atoms with Crippen molar-refractivity contribution in [3.05, 3.63) is 96.1 Å². The number of ether oxygens (including phenoxy) is 1. The highest BCUT2D eigenvalue weighted by Crippen LogP contribution is 2.45. The third-order valence-electron chi connectivity index (χ3n) is 6.93. The number of carbonyl (C=O) groups excluding carboxylic acids is 1. The van der Waals surface area contributed by atoms with Gasteiger partial charge in [-0.15, -0.1) is 0 Å². The molecule has 0 saturated carbocycles. The van der Waals surface area contributed by atoms with Crippen LogP contribution in [0.1, 0.15) is 43.2 Å². The van der Waals surface area contributed by atoms with Gasteiger partial charge in [0, 0.05) is 24.9 Å². The van der Waals surface area contributed by atoms with E-state index in [-0.39, 0.29) is 24.8 Å². The zero-order valence-corrected chi connectivity index (χ0v) is 18.2. The van der Waals surface area contributed by atoms with Crippen molar-refractivity contribution < 1.29 is 14.6 Å². The van der Waals surface area contributed by atoms with Crippen LogP contribution in [0.4, 0.5) is 4.79 Å². The second kappa shape index (κ2) is 8.79. The molecule has 1 amide bonds. The van der Waals surface area contributed by atoms with Crippen molar-refractivity contribution in [3.8, 4) is 11.1 Å². The highest BCUT2D eigenvalue weighted by Gasteiger charge is 2.48. The van der Waals surface area contributed by atoms with Gasteiger partial charge in [0.05, 0.1) is 5.60 Å². The fourth-order valence-corrected chi connectivity index (χ4v) is 5.38. The fraction of sp³-hybridized carbons (Fsp3) is 0.321. The Kier molecular flexibility index (Phi) is 5.71. The summed E-state index contributed by atoms with van der Waals surface area (Å²) in [5.74, 6) is 0. The van der Waals surface area contributed by atoms with Crippen LogP contribution in [0, 0.1) is 0 Å². The van der Waals surface area contributed by atoms with Gasteiger partial charge in [0.15, 0.2) is 0 Å². The molecule has 3 aromatic rings. The molecule has 2 saturated heterocycles. The molecular weight excluding hydrogens is 398 g/mol. The van der Waals surface area contributed by atoms with Crippen LogP contribution in [0.2, 0.25) is 0 Å². The third kappa shape index (κ3) is 4.15. The predicted octanol–water partition coefficient (Wildman–Crippen LogP) is 5.89. The number of aliphatic hydroxyl groups is 1. The molecule has 2 aliphatic heterocycles. The molecule has 32 heavy (non-hydrogen) atoms. The van der Waals surface area contributed by atoms with E-state index in [1.807, 2.05) is 65.6 Å². The van der Waals surface area contributed by atoms with Crippen molar-refractivity contribution in [1.82, 2.24) is 4.90 Å². The van der Waals surface area contributed by atoms with Gasteiger partial charge in [0.2, 0.25) is 0 Å². The summed E-state index contributed by atoms with van der Waals surface area (Å²) in [6.07, 6.45) is 3.71. The summed E-state index contributed by atoms with van der Waals surface area (Å²) >= 11 is 0. The first-order valence-corrected chi connectivity index (χ1v) is 11.5. The van der Waals surface area contributed by atoms with Gasteiger partial charge < -0.3 is 14.7 Å². The molecule has 2 aliphatic rings. The smallest absolute Gasteiger partial charge is 0.410 e. The quantitative estimate of drug-likeness (QED) is 0.564. The van der Waals surface area contributed by atoms with Gasteiger partial charge in [-0.2, -0.15) is 0 Å². The van der Waals surface area contributed by atoms with E-state index in [4.69, 9.17) is 4.74 Å². The van der Waals surface area contributed by atoms with Crippen LogP contribution in [-0.2, 0) is 16.9 Å². The highest BCUT2D eigenvalue weighted by molar-refractivity contribution is 5.69. The number of fused-ring (bicyclic) bond motifs is 2. The average molecular weight is 428 g/mol. The Bertz CT molecular complexity index is 1050. The van der Waals surface area contributed by atoms with E-state index < -0.39 is 5.60 Å². The van der Waals surface area contributed by atoms with Gasteiger partial charge in [-0.25, -0.2) is 4.79 Å². The number of hydrogen-bond acceptors (Lipinski definition) is 3. The Balaban J connectivity index is 1.34. The summed E-state index contributed by atoms with van der Waals surface area (Å²) < 4.78 is 5.66. The molecule has 2 fully saturated rings. The lowest BCUT2D eigenvalue weighted by molar-refractivity contribution is -0.0896. The monoisotopic (exact) mass is 427 g/mol. The van der Waals surface area contributed by atoms with Crippen LogP contribution in [0.15, 0.2) is 84.9 Å². The molecule has 5 rings (SSSR count). The van der Waals surface area contributed by atoms with E-state index in [1.54, 1.807) is 0 Å². The second-order valence-corrected chi connectivity index (χ2v) is 9.07. The molecule has 0 aliphatic carbocycles. The maximum absolute atomic E-state index is 13.0. The molecular formula is C28H29NO3. The number of piperidine rings is 2. The molecule has 0 aromatic heterocycles. The van der Waals surface area contributed by atoms with Gasteiger partial charge in [0.25, 0.3) is 0 Å². The number of carbonyl (C=O) groups is 1. The number of benzene rings is 3. The summed E-state index contributed by atoms with van der Waals surface area (Å²) in [6.45, 7) is 0.277. The Morgan fingerprint density at radius 1 is 0.875 bits per heavy atom. The van der Waals surface area contributed by atoms with E-state index in [9.17, 15) is 9.90 Å². The fourth-order valence-electron chi connectivity index (χ4n) is 5.38. The minimum absolute atomic E-state index is 0.00356. The van der Waals surface area contributed by atoms with Crippen LogP contribution in [0.5, 0.6) is 0 Å². The number of nitrogens with zero attached hydrogens (tertiary/aromatic N) is 1. The normalized spacial score (nSPS) is 24.7. The number of rotatable bonds is 4. The molecule has 2 heterocycles. The SMILES string of the molecule is O=C(OCc1ccccc1)N1C2CCCC1CC(O)(c1cccc(-c3ccccc3)c1)C2. The van der Waals surface area contributed by atoms with Crippen LogP contribution in [-0.4, -0.2) is 28.2 Å².